The molecule has 2 aromatic heterocycles. The summed E-state index contributed by atoms with van der Waals surface area (Å²) in [5.74, 6) is 0.0438. The first kappa shape index (κ1) is 21.4. The number of carbonyl (C=O) groups is 2. The van der Waals surface area contributed by atoms with Crippen LogP contribution in [-0.2, 0) is 10.5 Å². The molecule has 1 aromatic carbocycles. The molecule has 0 fully saturated rings. The van der Waals surface area contributed by atoms with E-state index < -0.39 is 0 Å². The van der Waals surface area contributed by atoms with Crippen molar-refractivity contribution in [1.29, 1.82) is 0 Å². The highest BCUT2D eigenvalue weighted by molar-refractivity contribution is 7.98. The van der Waals surface area contributed by atoms with Crippen LogP contribution in [0.4, 0.5) is 10.2 Å². The van der Waals surface area contributed by atoms with Crippen molar-refractivity contribution in [3.8, 4) is 0 Å². The van der Waals surface area contributed by atoms with E-state index >= 15 is 0 Å². The van der Waals surface area contributed by atoms with Gasteiger partial charge >= 0.3 is 0 Å². The fraction of sp³-hybridized carbons (Fsp3) is 0.182. The van der Waals surface area contributed by atoms with Crippen LogP contribution in [0.15, 0.2) is 66.0 Å². The number of anilines is 1. The van der Waals surface area contributed by atoms with Gasteiger partial charge in [0.15, 0.2) is 0 Å². The van der Waals surface area contributed by atoms with Gasteiger partial charge in [-0.1, -0.05) is 12.1 Å². The Balaban J connectivity index is 1.63. The van der Waals surface area contributed by atoms with E-state index in [2.05, 4.69) is 15.3 Å². The Morgan fingerprint density at radius 3 is 2.60 bits per heavy atom. The minimum atomic E-state index is -0.339. The van der Waals surface area contributed by atoms with E-state index in [0.29, 0.717) is 22.2 Å². The third kappa shape index (κ3) is 5.87. The molecule has 0 aliphatic carbocycles. The molecular formula is C22H21FN4O2S. The molecule has 0 saturated heterocycles. The normalized spacial score (nSPS) is 10.5. The first-order valence-corrected chi connectivity index (χ1v) is 10.2. The van der Waals surface area contributed by atoms with Crippen molar-refractivity contribution >= 4 is 29.4 Å². The predicted molar refractivity (Wildman–Crippen MR) is 115 cm³/mol. The van der Waals surface area contributed by atoms with Crippen molar-refractivity contribution in [3.63, 3.8) is 0 Å². The number of pyridine rings is 2. The molecule has 6 nitrogen and oxygen atoms in total. The minimum absolute atomic E-state index is 0.120. The van der Waals surface area contributed by atoms with Gasteiger partial charge in [-0.25, -0.2) is 14.4 Å². The molecule has 3 aromatic rings. The molecular weight excluding hydrogens is 403 g/mol. The van der Waals surface area contributed by atoms with Crippen molar-refractivity contribution in [2.24, 2.45) is 0 Å². The summed E-state index contributed by atoms with van der Waals surface area (Å²) in [5, 5.41) is 3.25. The average Bonchev–Trinajstić information content (AvgIpc) is 2.73. The molecule has 0 aliphatic heterocycles. The van der Waals surface area contributed by atoms with Crippen LogP contribution >= 0.6 is 11.8 Å². The van der Waals surface area contributed by atoms with Crippen molar-refractivity contribution in [3.05, 3.63) is 83.4 Å². The summed E-state index contributed by atoms with van der Waals surface area (Å²) < 4.78 is 13.1. The number of nitrogens with zero attached hydrogens (tertiary/aromatic N) is 3. The number of carbonyl (C=O) groups excluding carboxylic acids is 2. The Kier molecular flexibility index (Phi) is 7.13. The Labute approximate surface area is 178 Å². The molecule has 1 N–H and O–H groups in total. The van der Waals surface area contributed by atoms with E-state index in [0.717, 1.165) is 11.1 Å². The maximum absolute atomic E-state index is 13.1. The number of aromatic nitrogens is 2. The SMILES string of the molecule is Cc1ccnc(NC(=O)CN(C)C(=O)c2cccnc2SCc2ccc(F)cc2)c1. The predicted octanol–water partition coefficient (Wildman–Crippen LogP) is 3.93. The molecule has 30 heavy (non-hydrogen) atoms. The summed E-state index contributed by atoms with van der Waals surface area (Å²) in [6, 6.07) is 13.1. The summed E-state index contributed by atoms with van der Waals surface area (Å²) in [7, 11) is 1.56. The van der Waals surface area contributed by atoms with Crippen LogP contribution in [0, 0.1) is 12.7 Å². The molecule has 0 radical (unpaired) electrons. The number of aryl methyl sites for hydroxylation is 1. The second-order valence-electron chi connectivity index (χ2n) is 6.70. The fourth-order valence-corrected chi connectivity index (χ4v) is 3.62. The maximum atomic E-state index is 13.1. The van der Waals surface area contributed by atoms with Gasteiger partial charge in [0.05, 0.1) is 12.1 Å². The second-order valence-corrected chi connectivity index (χ2v) is 7.66. The van der Waals surface area contributed by atoms with Crippen molar-refractivity contribution in [2.75, 3.05) is 18.9 Å². The molecule has 0 spiro atoms. The van der Waals surface area contributed by atoms with Gasteiger partial charge in [-0.2, -0.15) is 0 Å². The highest BCUT2D eigenvalue weighted by Crippen LogP contribution is 2.25. The molecule has 0 unspecified atom stereocenters. The lowest BCUT2D eigenvalue weighted by molar-refractivity contribution is -0.116. The van der Waals surface area contributed by atoms with Gasteiger partial charge < -0.3 is 10.2 Å². The van der Waals surface area contributed by atoms with E-state index in [-0.39, 0.29) is 24.2 Å². The largest absolute Gasteiger partial charge is 0.332 e. The maximum Gasteiger partial charge on any atom is 0.256 e. The van der Waals surface area contributed by atoms with Gasteiger partial charge in [-0.15, -0.1) is 11.8 Å². The smallest absolute Gasteiger partial charge is 0.256 e. The molecule has 3 rings (SSSR count). The standard InChI is InChI=1S/C22H21FN4O2S/c1-15-9-11-24-19(12-15)26-20(28)13-27(2)22(29)18-4-3-10-25-21(18)30-14-16-5-7-17(23)8-6-16/h3-12H,13-14H2,1-2H3,(H,24,26,28). The number of benzene rings is 1. The zero-order chi connectivity index (χ0) is 21.5. The number of thioether (sulfide) groups is 1. The van der Waals surface area contributed by atoms with Crippen LogP contribution in [0.2, 0.25) is 0 Å². The average molecular weight is 425 g/mol. The number of likely N-dealkylation sites (N-methyl/N-ethyl adjacent to an activating group) is 1. The van der Waals surface area contributed by atoms with Gasteiger partial charge in [0.2, 0.25) is 5.91 Å². The first-order chi connectivity index (χ1) is 14.4. The van der Waals surface area contributed by atoms with E-state index in [9.17, 15) is 14.0 Å². The molecule has 0 atom stereocenters. The lowest BCUT2D eigenvalue weighted by atomic mass is 10.2. The summed E-state index contributed by atoms with van der Waals surface area (Å²) in [6.45, 7) is 1.78. The molecule has 0 aliphatic rings. The van der Waals surface area contributed by atoms with Crippen LogP contribution < -0.4 is 5.32 Å². The number of hydrogen-bond donors (Lipinski definition) is 1. The minimum Gasteiger partial charge on any atom is -0.332 e. The van der Waals surface area contributed by atoms with Crippen LogP contribution in [0.1, 0.15) is 21.5 Å². The van der Waals surface area contributed by atoms with Gasteiger partial charge in [0.25, 0.3) is 5.91 Å². The number of rotatable bonds is 7. The van der Waals surface area contributed by atoms with E-state index in [4.69, 9.17) is 0 Å². The molecule has 0 bridgehead atoms. The quantitative estimate of drug-likeness (QED) is 0.582. The fourth-order valence-electron chi connectivity index (χ4n) is 2.68. The van der Waals surface area contributed by atoms with Gasteiger partial charge in [0.1, 0.15) is 16.7 Å². The van der Waals surface area contributed by atoms with Crippen molar-refractivity contribution in [2.45, 2.75) is 17.7 Å². The van der Waals surface area contributed by atoms with Gasteiger partial charge in [-0.3, -0.25) is 9.59 Å². The Morgan fingerprint density at radius 2 is 1.87 bits per heavy atom. The number of halogens is 1. The van der Waals surface area contributed by atoms with Gasteiger partial charge in [0, 0.05) is 25.2 Å². The lowest BCUT2D eigenvalue weighted by Gasteiger charge is -2.18. The Bertz CT molecular complexity index is 1040. The molecule has 2 heterocycles. The Hall–Kier alpha value is -3.26. The van der Waals surface area contributed by atoms with E-state index in [1.807, 2.05) is 13.0 Å². The zero-order valence-electron chi connectivity index (χ0n) is 16.6. The summed E-state index contributed by atoms with van der Waals surface area (Å²) in [6.07, 6.45) is 3.22. The lowest BCUT2D eigenvalue weighted by Crippen LogP contribution is -2.35. The van der Waals surface area contributed by atoms with Crippen LogP contribution in [0.5, 0.6) is 0 Å². The molecule has 154 valence electrons. The third-order valence-electron chi connectivity index (χ3n) is 4.20. The Morgan fingerprint density at radius 1 is 1.10 bits per heavy atom. The molecule has 2 amide bonds. The number of nitrogens with one attached hydrogen (secondary N) is 1. The van der Waals surface area contributed by atoms with Crippen LogP contribution in [-0.4, -0.2) is 40.3 Å². The third-order valence-corrected chi connectivity index (χ3v) is 5.28. The van der Waals surface area contributed by atoms with Crippen LogP contribution in [0.25, 0.3) is 0 Å². The second kappa shape index (κ2) is 9.98. The van der Waals surface area contributed by atoms with Crippen LogP contribution in [0.3, 0.4) is 0 Å². The van der Waals surface area contributed by atoms with Gasteiger partial charge in [-0.05, 0) is 54.4 Å². The summed E-state index contributed by atoms with van der Waals surface area (Å²) in [5.41, 5.74) is 2.31. The zero-order valence-corrected chi connectivity index (χ0v) is 17.4. The number of amides is 2. The number of hydrogen-bond acceptors (Lipinski definition) is 5. The highest BCUT2D eigenvalue weighted by atomic mass is 32.2. The molecule has 8 heteroatoms. The van der Waals surface area contributed by atoms with E-state index in [1.165, 1.54) is 28.8 Å². The van der Waals surface area contributed by atoms with Crippen molar-refractivity contribution in [1.82, 2.24) is 14.9 Å². The monoisotopic (exact) mass is 424 g/mol. The van der Waals surface area contributed by atoms with E-state index in [1.54, 1.807) is 49.8 Å². The molecule has 0 saturated carbocycles. The topological polar surface area (TPSA) is 75.2 Å². The summed E-state index contributed by atoms with van der Waals surface area (Å²) >= 11 is 1.38. The highest BCUT2D eigenvalue weighted by Gasteiger charge is 2.19. The summed E-state index contributed by atoms with van der Waals surface area (Å²) in [4.78, 5) is 34.9. The van der Waals surface area contributed by atoms with Crippen molar-refractivity contribution < 1.29 is 14.0 Å². The first-order valence-electron chi connectivity index (χ1n) is 9.22.